The first-order valence-electron chi connectivity index (χ1n) is 6.93. The van der Waals surface area contributed by atoms with E-state index >= 15 is 0 Å². The Hall–Kier alpha value is -1.43. The third kappa shape index (κ3) is 4.03. The van der Waals surface area contributed by atoms with Crippen LogP contribution in [-0.2, 0) is 6.42 Å². The third-order valence-corrected chi connectivity index (χ3v) is 3.62. The van der Waals surface area contributed by atoms with Crippen molar-refractivity contribution in [1.29, 1.82) is 0 Å². The molecule has 0 aliphatic heterocycles. The van der Waals surface area contributed by atoms with Crippen molar-refractivity contribution in [1.82, 2.24) is 20.4 Å². The molecule has 5 nitrogen and oxygen atoms in total. The van der Waals surface area contributed by atoms with Gasteiger partial charge in [0.05, 0.1) is 0 Å². The standard InChI is InChI=1S/C15H21ClN4O/c1-10(17-2)8-13-18-15(21-19-13)14(20(3)4)11-6-5-7-12(16)9-11/h5-7,9-10,14,17H,8H2,1-4H3. The Morgan fingerprint density at radius 2 is 2.14 bits per heavy atom. The molecule has 2 aromatic rings. The summed E-state index contributed by atoms with van der Waals surface area (Å²) in [6, 6.07) is 7.91. The molecule has 1 N–H and O–H groups in total. The van der Waals surface area contributed by atoms with E-state index < -0.39 is 0 Å². The second kappa shape index (κ2) is 7.02. The molecule has 0 aliphatic rings. The molecule has 114 valence electrons. The van der Waals surface area contributed by atoms with Crippen molar-refractivity contribution in [2.45, 2.75) is 25.4 Å². The molecule has 0 fully saturated rings. The first-order chi connectivity index (χ1) is 10.0. The van der Waals surface area contributed by atoms with Crippen molar-refractivity contribution in [2.24, 2.45) is 0 Å². The van der Waals surface area contributed by atoms with E-state index in [4.69, 9.17) is 16.1 Å². The van der Waals surface area contributed by atoms with Crippen molar-refractivity contribution in [2.75, 3.05) is 21.1 Å². The van der Waals surface area contributed by atoms with Crippen LogP contribution in [0.1, 0.15) is 30.2 Å². The predicted molar refractivity (Wildman–Crippen MR) is 83.5 cm³/mol. The predicted octanol–water partition coefficient (Wildman–Crippen LogP) is 2.52. The summed E-state index contributed by atoms with van der Waals surface area (Å²) in [5.74, 6) is 1.29. The minimum Gasteiger partial charge on any atom is -0.337 e. The molecule has 21 heavy (non-hydrogen) atoms. The van der Waals surface area contributed by atoms with Gasteiger partial charge in [-0.15, -0.1) is 0 Å². The maximum Gasteiger partial charge on any atom is 0.248 e. The zero-order valence-electron chi connectivity index (χ0n) is 12.8. The van der Waals surface area contributed by atoms with Crippen molar-refractivity contribution in [3.8, 4) is 0 Å². The second-order valence-corrected chi connectivity index (χ2v) is 5.80. The summed E-state index contributed by atoms with van der Waals surface area (Å²) in [7, 11) is 5.87. The molecule has 0 aliphatic carbocycles. The van der Waals surface area contributed by atoms with Gasteiger partial charge in [0.15, 0.2) is 5.82 Å². The largest absolute Gasteiger partial charge is 0.337 e. The van der Waals surface area contributed by atoms with Gasteiger partial charge in [-0.3, -0.25) is 4.90 Å². The molecule has 1 aromatic carbocycles. The van der Waals surface area contributed by atoms with Gasteiger partial charge in [-0.2, -0.15) is 4.98 Å². The summed E-state index contributed by atoms with van der Waals surface area (Å²) in [5.41, 5.74) is 1.03. The molecule has 2 atom stereocenters. The van der Waals surface area contributed by atoms with Crippen molar-refractivity contribution in [3.05, 3.63) is 46.6 Å². The number of likely N-dealkylation sites (N-methyl/N-ethyl adjacent to an activating group) is 1. The molecule has 1 aromatic heterocycles. The van der Waals surface area contributed by atoms with E-state index in [1.54, 1.807) is 0 Å². The lowest BCUT2D eigenvalue weighted by molar-refractivity contribution is 0.260. The monoisotopic (exact) mass is 308 g/mol. The Morgan fingerprint density at radius 1 is 1.38 bits per heavy atom. The molecule has 6 heteroatoms. The Bertz CT molecular complexity index is 585. The number of hydrogen-bond acceptors (Lipinski definition) is 5. The van der Waals surface area contributed by atoms with E-state index in [9.17, 15) is 0 Å². The van der Waals surface area contributed by atoms with E-state index in [1.807, 2.05) is 50.3 Å². The molecule has 0 spiro atoms. The molecule has 1 heterocycles. The molecular formula is C15H21ClN4O. The van der Waals surface area contributed by atoms with Crippen LogP contribution in [0.15, 0.2) is 28.8 Å². The fraction of sp³-hybridized carbons (Fsp3) is 0.467. The fourth-order valence-electron chi connectivity index (χ4n) is 2.18. The number of hydrogen-bond donors (Lipinski definition) is 1. The quantitative estimate of drug-likeness (QED) is 0.888. The highest BCUT2D eigenvalue weighted by Gasteiger charge is 2.23. The topological polar surface area (TPSA) is 54.2 Å². The van der Waals surface area contributed by atoms with Gasteiger partial charge in [0.25, 0.3) is 0 Å². The van der Waals surface area contributed by atoms with Crippen LogP contribution in [0.4, 0.5) is 0 Å². The highest BCUT2D eigenvalue weighted by molar-refractivity contribution is 6.30. The smallest absolute Gasteiger partial charge is 0.248 e. The number of benzene rings is 1. The molecule has 0 saturated heterocycles. The van der Waals surface area contributed by atoms with Crippen LogP contribution in [0, 0.1) is 0 Å². The van der Waals surface area contributed by atoms with Crippen LogP contribution in [0.5, 0.6) is 0 Å². The Kier molecular flexibility index (Phi) is 5.33. The molecule has 0 amide bonds. The lowest BCUT2D eigenvalue weighted by atomic mass is 10.1. The number of nitrogens with one attached hydrogen (secondary N) is 1. The van der Waals surface area contributed by atoms with Crippen LogP contribution in [0.3, 0.4) is 0 Å². The minimum atomic E-state index is -0.102. The molecule has 2 rings (SSSR count). The van der Waals surface area contributed by atoms with Crippen molar-refractivity contribution in [3.63, 3.8) is 0 Å². The number of nitrogens with zero attached hydrogens (tertiary/aromatic N) is 3. The lowest BCUT2D eigenvalue weighted by Crippen LogP contribution is -2.24. The Balaban J connectivity index is 2.27. The highest BCUT2D eigenvalue weighted by Crippen LogP contribution is 2.27. The van der Waals surface area contributed by atoms with E-state index in [2.05, 4.69) is 22.4 Å². The molecule has 0 bridgehead atoms. The molecule has 0 radical (unpaired) electrons. The van der Waals surface area contributed by atoms with Crippen LogP contribution in [0.2, 0.25) is 5.02 Å². The van der Waals surface area contributed by atoms with Crippen molar-refractivity contribution >= 4 is 11.6 Å². The molecule has 0 saturated carbocycles. The zero-order valence-corrected chi connectivity index (χ0v) is 13.6. The molecule has 2 unspecified atom stereocenters. The molecular weight excluding hydrogens is 288 g/mol. The lowest BCUT2D eigenvalue weighted by Gasteiger charge is -2.21. The van der Waals surface area contributed by atoms with Gasteiger partial charge < -0.3 is 9.84 Å². The van der Waals surface area contributed by atoms with Gasteiger partial charge in [-0.1, -0.05) is 28.9 Å². The zero-order chi connectivity index (χ0) is 15.4. The Morgan fingerprint density at radius 3 is 2.76 bits per heavy atom. The summed E-state index contributed by atoms with van der Waals surface area (Å²) in [6.45, 7) is 2.08. The van der Waals surface area contributed by atoms with Gasteiger partial charge >= 0.3 is 0 Å². The van der Waals surface area contributed by atoms with Gasteiger partial charge in [0.1, 0.15) is 6.04 Å². The minimum absolute atomic E-state index is 0.102. The Labute approximate surface area is 130 Å². The summed E-state index contributed by atoms with van der Waals surface area (Å²) >= 11 is 6.08. The third-order valence-electron chi connectivity index (χ3n) is 3.38. The maximum absolute atomic E-state index is 6.08. The summed E-state index contributed by atoms with van der Waals surface area (Å²) in [5, 5.41) is 7.93. The summed E-state index contributed by atoms with van der Waals surface area (Å²) in [4.78, 5) is 6.56. The average molecular weight is 309 g/mol. The average Bonchev–Trinajstić information content (AvgIpc) is 2.86. The fourth-order valence-corrected chi connectivity index (χ4v) is 2.37. The summed E-state index contributed by atoms with van der Waals surface area (Å²) < 4.78 is 5.45. The van der Waals surface area contributed by atoms with Gasteiger partial charge in [0.2, 0.25) is 5.89 Å². The number of rotatable bonds is 6. The van der Waals surface area contributed by atoms with Gasteiger partial charge in [-0.05, 0) is 45.8 Å². The van der Waals surface area contributed by atoms with Crippen LogP contribution in [-0.4, -0.2) is 42.2 Å². The maximum atomic E-state index is 6.08. The second-order valence-electron chi connectivity index (χ2n) is 5.36. The van der Waals surface area contributed by atoms with E-state index in [0.717, 1.165) is 12.0 Å². The SMILES string of the molecule is CNC(C)Cc1noc(C(c2cccc(Cl)c2)N(C)C)n1. The number of aromatic nitrogens is 2. The first kappa shape index (κ1) is 15.9. The van der Waals surface area contributed by atoms with Gasteiger partial charge in [-0.25, -0.2) is 0 Å². The van der Waals surface area contributed by atoms with Crippen molar-refractivity contribution < 1.29 is 4.52 Å². The summed E-state index contributed by atoms with van der Waals surface area (Å²) in [6.07, 6.45) is 0.732. The van der Waals surface area contributed by atoms with Crippen LogP contribution in [0.25, 0.3) is 0 Å². The van der Waals surface area contributed by atoms with E-state index in [1.165, 1.54) is 0 Å². The van der Waals surface area contributed by atoms with Gasteiger partial charge in [0, 0.05) is 17.5 Å². The van der Waals surface area contributed by atoms with Crippen LogP contribution < -0.4 is 5.32 Å². The van der Waals surface area contributed by atoms with E-state index in [0.29, 0.717) is 22.8 Å². The number of halogens is 1. The van der Waals surface area contributed by atoms with Crippen LogP contribution >= 0.6 is 11.6 Å². The van der Waals surface area contributed by atoms with E-state index in [-0.39, 0.29) is 6.04 Å². The highest BCUT2D eigenvalue weighted by atomic mass is 35.5. The first-order valence-corrected chi connectivity index (χ1v) is 7.30. The normalized spacial score (nSPS) is 14.4.